The van der Waals surface area contributed by atoms with Gasteiger partial charge in [0.2, 0.25) is 0 Å². The van der Waals surface area contributed by atoms with E-state index in [9.17, 15) is 4.79 Å². The fraction of sp³-hybridized carbons (Fsp3) is 0.680. The van der Waals surface area contributed by atoms with Crippen LogP contribution in [0, 0.1) is 0 Å². The summed E-state index contributed by atoms with van der Waals surface area (Å²) >= 11 is 0. The van der Waals surface area contributed by atoms with Crippen molar-refractivity contribution in [2.75, 3.05) is 33.4 Å². The number of fused-ring (bicyclic) bond motifs is 1. The monoisotopic (exact) mass is 440 g/mol. The molecule has 3 aliphatic rings. The van der Waals surface area contributed by atoms with Gasteiger partial charge in [-0.05, 0) is 43.7 Å². The van der Waals surface area contributed by atoms with Gasteiger partial charge in [0.1, 0.15) is 6.10 Å². The zero-order valence-corrected chi connectivity index (χ0v) is 19.2. The topological polar surface area (TPSA) is 68.6 Å². The fourth-order valence-electron chi connectivity index (χ4n) is 5.25. The third-order valence-electron chi connectivity index (χ3n) is 7.13. The van der Waals surface area contributed by atoms with Crippen molar-refractivity contribution in [2.24, 2.45) is 0 Å². The van der Waals surface area contributed by atoms with Gasteiger partial charge < -0.3 is 19.7 Å². The van der Waals surface area contributed by atoms with Crippen molar-refractivity contribution in [2.45, 2.75) is 76.1 Å². The molecule has 7 nitrogen and oxygen atoms in total. The number of nitrogens with zero attached hydrogens (tertiary/aromatic N) is 3. The first kappa shape index (κ1) is 21.9. The third kappa shape index (κ3) is 4.70. The number of ether oxygens (including phenoxy) is 2. The summed E-state index contributed by atoms with van der Waals surface area (Å²) in [4.78, 5) is 15.2. The number of benzene rings is 1. The Morgan fingerprint density at radius 1 is 1.28 bits per heavy atom. The summed E-state index contributed by atoms with van der Waals surface area (Å²) in [5.41, 5.74) is 3.63. The lowest BCUT2D eigenvalue weighted by molar-refractivity contribution is -0.146. The van der Waals surface area contributed by atoms with Crippen LogP contribution in [0.2, 0.25) is 0 Å². The molecule has 2 saturated carbocycles. The molecular formula is C25H36N4O3. The first-order valence-corrected chi connectivity index (χ1v) is 12.4. The highest BCUT2D eigenvalue weighted by atomic mass is 16.5. The van der Waals surface area contributed by atoms with Crippen molar-refractivity contribution in [1.82, 2.24) is 20.0 Å². The van der Waals surface area contributed by atoms with Crippen LogP contribution in [-0.2, 0) is 27.4 Å². The van der Waals surface area contributed by atoms with Crippen LogP contribution in [0.4, 0.5) is 0 Å². The molecule has 3 fully saturated rings. The zero-order chi connectivity index (χ0) is 21.9. The number of rotatable bonds is 9. The van der Waals surface area contributed by atoms with Crippen LogP contribution in [0.15, 0.2) is 18.2 Å². The molecule has 1 saturated heterocycles. The molecule has 174 valence electrons. The first-order valence-electron chi connectivity index (χ1n) is 12.4. The molecule has 5 rings (SSSR count). The maximum Gasteiger partial charge on any atom is 0.253 e. The van der Waals surface area contributed by atoms with E-state index < -0.39 is 0 Å². The molecule has 0 spiro atoms. The lowest BCUT2D eigenvalue weighted by Crippen LogP contribution is -2.49. The van der Waals surface area contributed by atoms with Crippen LogP contribution in [0.5, 0.6) is 0 Å². The average Bonchev–Trinajstić information content (AvgIpc) is 3.40. The molecule has 0 unspecified atom stereocenters. The summed E-state index contributed by atoms with van der Waals surface area (Å²) in [6.07, 6.45) is 7.86. The van der Waals surface area contributed by atoms with E-state index in [0.29, 0.717) is 31.7 Å². The number of aromatic nitrogens is 2. The fourth-order valence-corrected chi connectivity index (χ4v) is 5.25. The van der Waals surface area contributed by atoms with Crippen molar-refractivity contribution < 1.29 is 14.3 Å². The number of aryl methyl sites for hydroxylation is 1. The van der Waals surface area contributed by atoms with E-state index in [4.69, 9.17) is 14.6 Å². The Hall–Kier alpha value is -1.96. The van der Waals surface area contributed by atoms with E-state index in [-0.39, 0.29) is 12.0 Å². The van der Waals surface area contributed by atoms with E-state index in [2.05, 4.69) is 28.2 Å². The molecule has 2 aromatic rings. The Labute approximate surface area is 190 Å². The minimum absolute atomic E-state index is 0.125. The van der Waals surface area contributed by atoms with Crippen LogP contribution in [0.25, 0.3) is 10.9 Å². The van der Waals surface area contributed by atoms with Crippen molar-refractivity contribution in [3.8, 4) is 0 Å². The number of hydrogen-bond acceptors (Lipinski definition) is 5. The second kappa shape index (κ2) is 9.89. The quantitative estimate of drug-likeness (QED) is 0.607. The van der Waals surface area contributed by atoms with Crippen LogP contribution >= 0.6 is 0 Å². The Bertz CT molecular complexity index is 927. The maximum atomic E-state index is 13.2. The Morgan fingerprint density at radius 3 is 2.84 bits per heavy atom. The molecule has 2 heterocycles. The van der Waals surface area contributed by atoms with Gasteiger partial charge in [-0.15, -0.1) is 0 Å². The lowest BCUT2D eigenvalue weighted by Gasteiger charge is -2.30. The van der Waals surface area contributed by atoms with Gasteiger partial charge in [0.15, 0.2) is 0 Å². The van der Waals surface area contributed by atoms with Crippen LogP contribution < -0.4 is 5.32 Å². The highest BCUT2D eigenvalue weighted by Crippen LogP contribution is 2.38. The number of amides is 1. The number of nitrogens with one attached hydrogen (secondary N) is 1. The highest BCUT2D eigenvalue weighted by Gasteiger charge is 2.37. The summed E-state index contributed by atoms with van der Waals surface area (Å²) in [5.74, 6) is 0.701. The highest BCUT2D eigenvalue weighted by molar-refractivity contribution is 5.84. The SMILES string of the molecule is COCCCn1nc(C2CCCC2)c2ccc(CN(C(=O)[C@H]3CNCCO3)C3CC3)cc21. The van der Waals surface area contributed by atoms with Gasteiger partial charge in [-0.2, -0.15) is 5.10 Å². The summed E-state index contributed by atoms with van der Waals surface area (Å²) in [6.45, 7) is 4.26. The molecule has 0 bridgehead atoms. The van der Waals surface area contributed by atoms with Gasteiger partial charge in [0, 0.05) is 57.2 Å². The molecule has 1 aliphatic heterocycles. The predicted molar refractivity (Wildman–Crippen MR) is 124 cm³/mol. The molecule has 32 heavy (non-hydrogen) atoms. The molecule has 1 amide bonds. The van der Waals surface area contributed by atoms with E-state index in [1.165, 1.54) is 47.8 Å². The Kier molecular flexibility index (Phi) is 6.76. The smallest absolute Gasteiger partial charge is 0.253 e. The van der Waals surface area contributed by atoms with E-state index in [0.717, 1.165) is 39.0 Å². The summed E-state index contributed by atoms with van der Waals surface area (Å²) in [5, 5.41) is 9.64. The van der Waals surface area contributed by atoms with Gasteiger partial charge >= 0.3 is 0 Å². The number of carbonyl (C=O) groups excluding carboxylic acids is 1. The van der Waals surface area contributed by atoms with Gasteiger partial charge in [0.25, 0.3) is 5.91 Å². The molecule has 7 heteroatoms. The molecule has 1 atom stereocenters. The van der Waals surface area contributed by atoms with Crippen molar-refractivity contribution >= 4 is 16.8 Å². The summed E-state index contributed by atoms with van der Waals surface area (Å²) in [6, 6.07) is 7.05. The molecular weight excluding hydrogens is 404 g/mol. The Morgan fingerprint density at radius 2 is 2.12 bits per heavy atom. The van der Waals surface area contributed by atoms with Gasteiger partial charge in [-0.3, -0.25) is 9.48 Å². The lowest BCUT2D eigenvalue weighted by atomic mass is 9.99. The van der Waals surface area contributed by atoms with Crippen molar-refractivity contribution in [1.29, 1.82) is 0 Å². The van der Waals surface area contributed by atoms with E-state index >= 15 is 0 Å². The second-order valence-corrected chi connectivity index (χ2v) is 9.55. The van der Waals surface area contributed by atoms with E-state index in [1.54, 1.807) is 7.11 Å². The molecule has 2 aliphatic carbocycles. The van der Waals surface area contributed by atoms with Crippen LogP contribution in [0.1, 0.15) is 62.1 Å². The molecule has 1 N–H and O–H groups in total. The minimum Gasteiger partial charge on any atom is -0.385 e. The summed E-state index contributed by atoms with van der Waals surface area (Å²) in [7, 11) is 1.75. The number of carbonyl (C=O) groups is 1. The number of hydrogen-bond donors (Lipinski definition) is 1. The zero-order valence-electron chi connectivity index (χ0n) is 19.2. The van der Waals surface area contributed by atoms with Crippen LogP contribution in [0.3, 0.4) is 0 Å². The normalized spacial score (nSPS) is 22.0. The summed E-state index contributed by atoms with van der Waals surface area (Å²) < 4.78 is 13.2. The standard InChI is InChI=1S/C25H36N4O3/c1-31-13-4-12-29-22-15-18(7-10-21(22)24(27-29)19-5-2-3-6-19)17-28(20-8-9-20)25(30)23-16-26-11-14-32-23/h7,10,15,19-20,23,26H,2-6,8-9,11-14,16-17H2,1H3/t23-/m1/s1. The van der Waals surface area contributed by atoms with Gasteiger partial charge in [0.05, 0.1) is 17.8 Å². The van der Waals surface area contributed by atoms with Crippen molar-refractivity contribution in [3.63, 3.8) is 0 Å². The van der Waals surface area contributed by atoms with E-state index in [1.807, 2.05) is 4.90 Å². The number of methoxy groups -OCH3 is 1. The minimum atomic E-state index is -0.360. The largest absolute Gasteiger partial charge is 0.385 e. The molecule has 1 aromatic heterocycles. The molecule has 0 radical (unpaired) electrons. The first-order chi connectivity index (χ1) is 15.7. The van der Waals surface area contributed by atoms with Crippen molar-refractivity contribution in [3.05, 3.63) is 29.5 Å². The third-order valence-corrected chi connectivity index (χ3v) is 7.13. The number of morpholine rings is 1. The van der Waals surface area contributed by atoms with Gasteiger partial charge in [-0.25, -0.2) is 0 Å². The average molecular weight is 441 g/mol. The second-order valence-electron chi connectivity index (χ2n) is 9.55. The Balaban J connectivity index is 1.40. The predicted octanol–water partition coefficient (Wildman–Crippen LogP) is 3.21. The maximum absolute atomic E-state index is 13.2. The van der Waals surface area contributed by atoms with Gasteiger partial charge in [-0.1, -0.05) is 25.0 Å². The molecule has 1 aromatic carbocycles. The van der Waals surface area contributed by atoms with Crippen LogP contribution in [-0.4, -0.2) is 66.1 Å².